The number of hydrogen-bond donors (Lipinski definition) is 1. The number of methoxy groups -OCH3 is 1. The normalized spacial score (nSPS) is 10.8. The van der Waals surface area contributed by atoms with Crippen LogP contribution in [-0.4, -0.2) is 64.4 Å². The van der Waals surface area contributed by atoms with Crippen LogP contribution in [0.2, 0.25) is 0 Å². The van der Waals surface area contributed by atoms with E-state index >= 15 is 0 Å². The predicted octanol–water partition coefficient (Wildman–Crippen LogP) is 4.73. The zero-order valence-corrected chi connectivity index (χ0v) is 23.4. The summed E-state index contributed by atoms with van der Waals surface area (Å²) >= 11 is 3.99. The van der Waals surface area contributed by atoms with Crippen LogP contribution in [0, 0.1) is 6.92 Å². The molecule has 0 bridgehead atoms. The molecule has 0 atom stereocenters. The molecule has 12 heteroatoms. The lowest BCUT2D eigenvalue weighted by atomic mass is 10.1. The first-order valence-corrected chi connectivity index (χ1v) is 13.9. The molecule has 0 aliphatic carbocycles. The highest BCUT2D eigenvalue weighted by Crippen LogP contribution is 2.35. The number of thiophene rings is 2. The van der Waals surface area contributed by atoms with Gasteiger partial charge in [0.1, 0.15) is 5.00 Å². The maximum atomic E-state index is 12.8. The Bertz CT molecular complexity index is 1270. The number of amides is 2. The van der Waals surface area contributed by atoms with Crippen molar-refractivity contribution >= 4 is 57.2 Å². The summed E-state index contributed by atoms with van der Waals surface area (Å²) in [4.78, 5) is 40.9. The lowest BCUT2D eigenvalue weighted by Crippen LogP contribution is -2.21. The third-order valence-corrected chi connectivity index (χ3v) is 8.32. The number of allylic oxidation sites excluding steroid dienone is 1. The maximum Gasteiger partial charge on any atom is 0.341 e. The third kappa shape index (κ3) is 6.05. The second-order valence-corrected chi connectivity index (χ2v) is 11.0. The van der Waals surface area contributed by atoms with Gasteiger partial charge in [0.2, 0.25) is 5.91 Å². The summed E-state index contributed by atoms with van der Waals surface area (Å²) in [6.45, 7) is 8.14. The second kappa shape index (κ2) is 12.3. The summed E-state index contributed by atoms with van der Waals surface area (Å²) < 4.78 is 6.81. The summed E-state index contributed by atoms with van der Waals surface area (Å²) in [7, 11) is 4.52. The van der Waals surface area contributed by atoms with Gasteiger partial charge in [-0.3, -0.25) is 14.2 Å². The molecule has 2 amide bonds. The molecule has 1 N–H and O–H groups in total. The largest absolute Gasteiger partial charge is 0.465 e. The number of nitrogens with one attached hydrogen (secondary N) is 1. The molecule has 3 rings (SSSR count). The maximum absolute atomic E-state index is 12.8. The van der Waals surface area contributed by atoms with E-state index in [2.05, 4.69) is 40.5 Å². The van der Waals surface area contributed by atoms with Crippen molar-refractivity contribution in [3.05, 3.63) is 45.0 Å². The SMILES string of the molecule is C=CCn1c(SCC(=O)Nc2sc(C(=O)N(C)C)c(C)c2C(=O)OC)nnc1-c1csc(CCC)c1. The van der Waals surface area contributed by atoms with Crippen molar-refractivity contribution in [3.8, 4) is 11.4 Å². The van der Waals surface area contributed by atoms with Crippen molar-refractivity contribution in [1.82, 2.24) is 19.7 Å². The first kappa shape index (κ1) is 27.6. The van der Waals surface area contributed by atoms with Gasteiger partial charge in [-0.15, -0.1) is 39.4 Å². The predicted molar refractivity (Wildman–Crippen MR) is 145 cm³/mol. The number of thioether (sulfide) groups is 1. The van der Waals surface area contributed by atoms with Crippen LogP contribution in [0.15, 0.2) is 29.3 Å². The fraction of sp³-hybridized carbons (Fsp3) is 0.375. The summed E-state index contributed by atoms with van der Waals surface area (Å²) in [6.07, 6.45) is 3.85. The van der Waals surface area contributed by atoms with E-state index in [4.69, 9.17) is 4.74 Å². The Morgan fingerprint density at radius 3 is 2.69 bits per heavy atom. The molecule has 0 unspecified atom stereocenters. The fourth-order valence-electron chi connectivity index (χ4n) is 3.43. The third-order valence-electron chi connectivity index (χ3n) is 5.16. The van der Waals surface area contributed by atoms with Crippen molar-refractivity contribution in [2.75, 3.05) is 32.3 Å². The van der Waals surface area contributed by atoms with Gasteiger partial charge in [0.15, 0.2) is 11.0 Å². The topological polar surface area (TPSA) is 106 Å². The smallest absolute Gasteiger partial charge is 0.341 e. The minimum atomic E-state index is -0.613. The standard InChI is InChI=1S/C24H29N5O4S3/c1-7-9-16-11-15(12-34-16)20-26-27-24(29(20)10-8-2)35-13-17(30)25-21-18(23(32)33-6)14(3)19(36-21)22(31)28(4)5/h8,11-12H,2,7,9-10,13H2,1,3-6H3,(H,25,30). The van der Waals surface area contributed by atoms with Gasteiger partial charge in [0.25, 0.3) is 5.91 Å². The Labute approximate surface area is 222 Å². The highest BCUT2D eigenvalue weighted by Gasteiger charge is 2.27. The molecule has 0 saturated carbocycles. The minimum absolute atomic E-state index is 0.0362. The van der Waals surface area contributed by atoms with Gasteiger partial charge in [-0.05, 0) is 25.0 Å². The van der Waals surface area contributed by atoms with E-state index in [1.165, 1.54) is 28.6 Å². The molecule has 0 spiro atoms. The van der Waals surface area contributed by atoms with Crippen LogP contribution in [-0.2, 0) is 22.5 Å². The Morgan fingerprint density at radius 1 is 1.31 bits per heavy atom. The molecule has 0 saturated heterocycles. The van der Waals surface area contributed by atoms with Gasteiger partial charge in [-0.2, -0.15) is 0 Å². The lowest BCUT2D eigenvalue weighted by molar-refractivity contribution is -0.113. The molecular formula is C24H29N5O4S3. The fourth-order valence-corrected chi connectivity index (χ4v) is 6.38. The number of carbonyl (C=O) groups is 3. The minimum Gasteiger partial charge on any atom is -0.465 e. The molecule has 9 nitrogen and oxygen atoms in total. The Hall–Kier alpha value is -2.96. The van der Waals surface area contributed by atoms with Gasteiger partial charge >= 0.3 is 5.97 Å². The average molecular weight is 548 g/mol. The highest BCUT2D eigenvalue weighted by atomic mass is 32.2. The number of nitrogens with zero attached hydrogens (tertiary/aromatic N) is 4. The molecule has 3 heterocycles. The van der Waals surface area contributed by atoms with Crippen molar-refractivity contribution < 1.29 is 19.1 Å². The zero-order chi connectivity index (χ0) is 26.4. The first-order valence-electron chi connectivity index (χ1n) is 11.2. The van der Waals surface area contributed by atoms with Gasteiger partial charge < -0.3 is 15.0 Å². The second-order valence-electron chi connectivity index (χ2n) is 8.05. The van der Waals surface area contributed by atoms with Crippen LogP contribution in [0.4, 0.5) is 5.00 Å². The molecule has 0 aliphatic rings. The molecule has 0 aromatic carbocycles. The van der Waals surface area contributed by atoms with Crippen molar-refractivity contribution in [1.29, 1.82) is 0 Å². The van der Waals surface area contributed by atoms with Gasteiger partial charge in [-0.25, -0.2) is 4.79 Å². The van der Waals surface area contributed by atoms with Gasteiger partial charge in [0, 0.05) is 36.5 Å². The van der Waals surface area contributed by atoms with Crippen LogP contribution in [0.5, 0.6) is 0 Å². The molecule has 0 fully saturated rings. The zero-order valence-electron chi connectivity index (χ0n) is 20.9. The van der Waals surface area contributed by atoms with E-state index in [1.54, 1.807) is 38.4 Å². The van der Waals surface area contributed by atoms with Crippen LogP contribution in [0.1, 0.15) is 43.8 Å². The summed E-state index contributed by atoms with van der Waals surface area (Å²) in [5.74, 6) is -0.443. The van der Waals surface area contributed by atoms with Crippen LogP contribution >= 0.6 is 34.4 Å². The van der Waals surface area contributed by atoms with E-state index in [1.807, 2.05) is 4.57 Å². The molecule has 0 aliphatic heterocycles. The van der Waals surface area contributed by atoms with Crippen LogP contribution < -0.4 is 5.32 Å². The highest BCUT2D eigenvalue weighted by molar-refractivity contribution is 7.99. The Morgan fingerprint density at radius 2 is 2.06 bits per heavy atom. The lowest BCUT2D eigenvalue weighted by Gasteiger charge is -2.08. The average Bonchev–Trinajstić information content (AvgIpc) is 3.55. The molecule has 0 radical (unpaired) electrons. The Balaban J connectivity index is 1.79. The molecular weight excluding hydrogens is 518 g/mol. The van der Waals surface area contributed by atoms with Crippen LogP contribution in [0.25, 0.3) is 11.4 Å². The van der Waals surface area contributed by atoms with Gasteiger partial charge in [0.05, 0.1) is 23.3 Å². The number of aryl methyl sites for hydroxylation is 1. The molecule has 192 valence electrons. The van der Waals surface area contributed by atoms with Crippen LogP contribution in [0.3, 0.4) is 0 Å². The van der Waals surface area contributed by atoms with Crippen molar-refractivity contribution in [2.24, 2.45) is 0 Å². The monoisotopic (exact) mass is 547 g/mol. The number of hydrogen-bond acceptors (Lipinski definition) is 9. The summed E-state index contributed by atoms with van der Waals surface area (Å²) in [6, 6.07) is 2.12. The number of ether oxygens (including phenoxy) is 1. The first-order chi connectivity index (χ1) is 17.2. The van der Waals surface area contributed by atoms with Crippen molar-refractivity contribution in [3.63, 3.8) is 0 Å². The number of anilines is 1. The van der Waals surface area contributed by atoms with E-state index in [0.717, 1.165) is 35.6 Å². The number of rotatable bonds is 11. The summed E-state index contributed by atoms with van der Waals surface area (Å²) in [5, 5.41) is 14.4. The van der Waals surface area contributed by atoms with E-state index in [0.29, 0.717) is 22.1 Å². The van der Waals surface area contributed by atoms with Crippen molar-refractivity contribution in [2.45, 2.75) is 38.4 Å². The van der Waals surface area contributed by atoms with E-state index in [9.17, 15) is 14.4 Å². The number of esters is 1. The van der Waals surface area contributed by atoms with Gasteiger partial charge in [-0.1, -0.05) is 31.2 Å². The Kier molecular flexibility index (Phi) is 9.46. The number of carbonyl (C=O) groups excluding carboxylic acids is 3. The molecule has 3 aromatic rings. The van der Waals surface area contributed by atoms with E-state index < -0.39 is 5.97 Å². The molecule has 36 heavy (non-hydrogen) atoms. The van der Waals surface area contributed by atoms with E-state index in [-0.39, 0.29) is 28.1 Å². The molecule has 3 aromatic heterocycles. The number of aromatic nitrogens is 3. The summed E-state index contributed by atoms with van der Waals surface area (Å²) in [5.41, 5.74) is 1.65. The quantitative estimate of drug-likeness (QED) is 0.210.